The van der Waals surface area contributed by atoms with Gasteiger partial charge in [-0.3, -0.25) is 14.4 Å². The molecule has 0 saturated carbocycles. The molecule has 0 saturated heterocycles. The third kappa shape index (κ3) is 36.0. The minimum absolute atomic E-state index is 0.0336. The number of carbonyl (C=O) groups excluding carboxylic acids is 2. The van der Waals surface area contributed by atoms with Gasteiger partial charge in [0.1, 0.15) is 12.6 Å². The number of carboxylic acid groups (broad SMARTS) is 1. The Bertz CT molecular complexity index is 917. The lowest BCUT2D eigenvalue weighted by Gasteiger charge is -2.18. The van der Waals surface area contributed by atoms with Gasteiger partial charge in [0, 0.05) is 12.8 Å². The molecule has 0 radical (unpaired) electrons. The van der Waals surface area contributed by atoms with Gasteiger partial charge in [0.15, 0.2) is 0 Å². The van der Waals surface area contributed by atoms with E-state index in [1.807, 2.05) is 0 Å². The first-order valence-electron chi connectivity index (χ1n) is 19.4. The average Bonchev–Trinajstić information content (AvgIpc) is 3.07. The highest BCUT2D eigenvalue weighted by atomic mass is 16.5. The lowest BCUT2D eigenvalue weighted by molar-refractivity contribution is -0.150. The van der Waals surface area contributed by atoms with Gasteiger partial charge in [0.2, 0.25) is 5.91 Å². The molecule has 0 aromatic rings. The number of carbonyl (C=O) groups is 3. The van der Waals surface area contributed by atoms with Crippen molar-refractivity contribution in [3.05, 3.63) is 60.8 Å². The van der Waals surface area contributed by atoms with Gasteiger partial charge in [-0.25, -0.2) is 0 Å². The van der Waals surface area contributed by atoms with Gasteiger partial charge in [-0.1, -0.05) is 126 Å². The van der Waals surface area contributed by atoms with Gasteiger partial charge in [-0.05, 0) is 96.3 Å². The summed E-state index contributed by atoms with van der Waals surface area (Å²) in [6.07, 6.45) is 47.6. The number of unbranched alkanes of at least 4 members (excludes halogenated alkanes) is 13. The number of aliphatic carboxylic acids is 1. The van der Waals surface area contributed by atoms with E-state index in [4.69, 9.17) is 9.84 Å². The minimum atomic E-state index is -1.02. The Kier molecular flexibility index (Phi) is 34.7. The molecule has 0 aliphatic heterocycles. The summed E-state index contributed by atoms with van der Waals surface area (Å²) in [7, 11) is 0. The fourth-order valence-corrected chi connectivity index (χ4v) is 5.33. The second kappa shape index (κ2) is 36.9. The molecule has 1 atom stereocenters. The molecular formula is C42H71NO5. The Labute approximate surface area is 294 Å². The van der Waals surface area contributed by atoms with Gasteiger partial charge >= 0.3 is 11.9 Å². The quantitative estimate of drug-likeness (QED) is 0.0404. The van der Waals surface area contributed by atoms with Gasteiger partial charge in [-0.15, -0.1) is 0 Å². The molecule has 0 spiro atoms. The molecule has 0 aliphatic carbocycles. The zero-order chi connectivity index (χ0) is 35.2. The molecule has 0 fully saturated rings. The second-order valence-corrected chi connectivity index (χ2v) is 12.8. The van der Waals surface area contributed by atoms with Gasteiger partial charge in [0.05, 0.1) is 0 Å². The number of hydrogen-bond acceptors (Lipinski definition) is 4. The summed E-state index contributed by atoms with van der Waals surface area (Å²) < 4.78 is 5.97. The van der Waals surface area contributed by atoms with Crippen LogP contribution in [-0.4, -0.2) is 35.6 Å². The molecule has 1 unspecified atom stereocenters. The molecule has 0 aromatic heterocycles. The number of rotatable bonds is 34. The van der Waals surface area contributed by atoms with Crippen LogP contribution in [0.5, 0.6) is 0 Å². The highest BCUT2D eigenvalue weighted by Crippen LogP contribution is 2.17. The molecule has 6 nitrogen and oxygen atoms in total. The largest absolute Gasteiger partial charge is 0.480 e. The van der Waals surface area contributed by atoms with Crippen molar-refractivity contribution >= 4 is 17.8 Å². The minimum Gasteiger partial charge on any atom is -0.480 e. The van der Waals surface area contributed by atoms with Crippen molar-refractivity contribution in [2.45, 2.75) is 180 Å². The summed E-state index contributed by atoms with van der Waals surface area (Å²) in [5.41, 5.74) is 0. The zero-order valence-corrected chi connectivity index (χ0v) is 30.8. The van der Waals surface area contributed by atoms with Crippen molar-refractivity contribution in [2.24, 2.45) is 0 Å². The highest BCUT2D eigenvalue weighted by molar-refractivity contribution is 5.80. The number of carboxylic acids is 1. The Morgan fingerprint density at radius 3 is 1.67 bits per heavy atom. The van der Waals surface area contributed by atoms with Crippen molar-refractivity contribution in [1.82, 2.24) is 5.32 Å². The first kappa shape index (κ1) is 45.1. The van der Waals surface area contributed by atoms with Gasteiger partial charge < -0.3 is 15.2 Å². The summed E-state index contributed by atoms with van der Waals surface area (Å²) in [6.45, 7) is 4.08. The van der Waals surface area contributed by atoms with Crippen LogP contribution in [0.4, 0.5) is 0 Å². The maximum absolute atomic E-state index is 12.7. The summed E-state index contributed by atoms with van der Waals surface area (Å²) in [4.78, 5) is 34.9. The van der Waals surface area contributed by atoms with E-state index in [1.54, 1.807) is 0 Å². The fraction of sp³-hybridized carbons (Fsp3) is 0.690. The normalized spacial score (nSPS) is 12.7. The highest BCUT2D eigenvalue weighted by Gasteiger charge is 2.14. The summed E-state index contributed by atoms with van der Waals surface area (Å²) >= 11 is 0. The van der Waals surface area contributed by atoms with Crippen molar-refractivity contribution in [3.8, 4) is 0 Å². The van der Waals surface area contributed by atoms with Crippen LogP contribution in [0, 0.1) is 0 Å². The number of amides is 1. The summed E-state index contributed by atoms with van der Waals surface area (Å²) in [6, 6.07) is 0. The summed E-state index contributed by atoms with van der Waals surface area (Å²) in [5, 5.41) is 11.1. The van der Waals surface area contributed by atoms with Crippen molar-refractivity contribution in [1.29, 1.82) is 0 Å². The number of nitrogens with one attached hydrogen (secondary N) is 1. The van der Waals surface area contributed by atoms with E-state index >= 15 is 0 Å². The number of ether oxygens (including phenoxy) is 1. The standard InChI is InChI=1S/C42H71NO5/c1-3-5-7-9-11-13-15-17-19-21-23-26-30-34-39(35-31-27-25-28-32-36-40(44)43-38-41(45)46)48-42(47)37-33-29-24-22-20-18-16-14-12-10-8-6-4-2/h6,8,12,14-15,17-18,20-21,23,39H,3-5,7,9-11,13,16,19,22,24-38H2,1-2H3,(H,43,44)(H,45,46)/b8-6-,14-12-,17-15-,20-18-,23-21-. The molecule has 1 amide bonds. The lowest BCUT2D eigenvalue weighted by Crippen LogP contribution is -2.28. The maximum atomic E-state index is 12.7. The van der Waals surface area contributed by atoms with E-state index in [0.717, 1.165) is 109 Å². The van der Waals surface area contributed by atoms with Crippen LogP contribution in [-0.2, 0) is 19.1 Å². The molecule has 2 N–H and O–H groups in total. The van der Waals surface area contributed by atoms with Crippen LogP contribution in [0.3, 0.4) is 0 Å². The van der Waals surface area contributed by atoms with E-state index in [2.05, 4.69) is 79.9 Å². The third-order valence-electron chi connectivity index (χ3n) is 8.17. The monoisotopic (exact) mass is 670 g/mol. The van der Waals surface area contributed by atoms with Crippen LogP contribution in [0.15, 0.2) is 60.8 Å². The third-order valence-corrected chi connectivity index (χ3v) is 8.17. The van der Waals surface area contributed by atoms with Crippen LogP contribution in [0.1, 0.15) is 174 Å². The predicted molar refractivity (Wildman–Crippen MR) is 203 cm³/mol. The topological polar surface area (TPSA) is 92.7 Å². The van der Waals surface area contributed by atoms with Gasteiger partial charge in [0.25, 0.3) is 0 Å². The second-order valence-electron chi connectivity index (χ2n) is 12.8. The number of hydrogen-bond donors (Lipinski definition) is 2. The van der Waals surface area contributed by atoms with Crippen LogP contribution in [0.25, 0.3) is 0 Å². The molecule has 274 valence electrons. The SMILES string of the molecule is CC/C=C\C/C=C\C/C=C\CCCCCC(=O)OC(CCC/C=C\C/C=C\CCCCCCC)CCCCCCCC(=O)NCC(=O)O. The number of esters is 1. The van der Waals surface area contributed by atoms with Crippen molar-refractivity contribution in [3.63, 3.8) is 0 Å². The van der Waals surface area contributed by atoms with Gasteiger partial charge in [-0.2, -0.15) is 0 Å². The first-order valence-corrected chi connectivity index (χ1v) is 19.4. The molecule has 48 heavy (non-hydrogen) atoms. The van der Waals surface area contributed by atoms with E-state index in [1.165, 1.54) is 38.5 Å². The Hall–Kier alpha value is -2.89. The molecule has 0 rings (SSSR count). The van der Waals surface area contributed by atoms with E-state index in [9.17, 15) is 14.4 Å². The Balaban J connectivity index is 4.35. The number of allylic oxidation sites excluding steroid dienone is 10. The van der Waals surface area contributed by atoms with E-state index in [-0.39, 0.29) is 24.5 Å². The molecule has 6 heteroatoms. The van der Waals surface area contributed by atoms with E-state index in [0.29, 0.717) is 12.8 Å². The maximum Gasteiger partial charge on any atom is 0.322 e. The van der Waals surface area contributed by atoms with Crippen LogP contribution in [0.2, 0.25) is 0 Å². The molecule has 0 aromatic carbocycles. The van der Waals surface area contributed by atoms with Crippen molar-refractivity contribution in [2.75, 3.05) is 6.54 Å². The first-order chi connectivity index (χ1) is 23.5. The lowest BCUT2D eigenvalue weighted by atomic mass is 10.0. The zero-order valence-electron chi connectivity index (χ0n) is 30.8. The Morgan fingerprint density at radius 2 is 1.04 bits per heavy atom. The molecule has 0 aliphatic rings. The molecular weight excluding hydrogens is 598 g/mol. The fourth-order valence-electron chi connectivity index (χ4n) is 5.33. The van der Waals surface area contributed by atoms with Crippen LogP contribution >= 0.6 is 0 Å². The predicted octanol–water partition coefficient (Wildman–Crippen LogP) is 11.7. The Morgan fingerprint density at radius 1 is 0.562 bits per heavy atom. The van der Waals surface area contributed by atoms with Crippen molar-refractivity contribution < 1.29 is 24.2 Å². The van der Waals surface area contributed by atoms with E-state index < -0.39 is 5.97 Å². The van der Waals surface area contributed by atoms with Crippen LogP contribution < -0.4 is 5.32 Å². The molecule has 0 bridgehead atoms. The molecule has 0 heterocycles. The average molecular weight is 670 g/mol. The summed E-state index contributed by atoms with van der Waals surface area (Å²) in [5.74, 6) is -1.30. The smallest absolute Gasteiger partial charge is 0.322 e.